The number of halogens is 1. The highest BCUT2D eigenvalue weighted by molar-refractivity contribution is 6.30. The number of hydrogen-bond donors (Lipinski definition) is 2. The van der Waals surface area contributed by atoms with Gasteiger partial charge in [-0.3, -0.25) is 9.59 Å². The van der Waals surface area contributed by atoms with Gasteiger partial charge in [-0.25, -0.2) is 0 Å². The van der Waals surface area contributed by atoms with Crippen molar-refractivity contribution in [2.24, 2.45) is 5.92 Å². The zero-order valence-corrected chi connectivity index (χ0v) is 17.2. The van der Waals surface area contributed by atoms with Crippen molar-refractivity contribution in [1.29, 1.82) is 0 Å². The van der Waals surface area contributed by atoms with Crippen LogP contribution in [-0.4, -0.2) is 32.1 Å². The molecule has 0 aromatic heterocycles. The third-order valence-electron chi connectivity index (χ3n) is 4.09. The van der Waals surface area contributed by atoms with Crippen molar-refractivity contribution in [2.45, 2.75) is 26.3 Å². The van der Waals surface area contributed by atoms with Crippen LogP contribution in [0.2, 0.25) is 5.02 Å². The molecule has 6 nitrogen and oxygen atoms in total. The topological polar surface area (TPSA) is 76.7 Å². The van der Waals surface area contributed by atoms with Crippen LogP contribution in [-0.2, 0) is 4.79 Å². The van der Waals surface area contributed by atoms with E-state index in [0.29, 0.717) is 34.2 Å². The number of amides is 2. The normalized spacial score (nSPS) is 11.6. The third kappa shape index (κ3) is 5.89. The maximum atomic E-state index is 12.8. The standard InChI is InChI=1S/C21H25ClN2O4/c1-13(2)11-17(24-20(25)14-5-7-15(22)8-6-14)21(26)23-16-9-10-18(27-3)19(12-16)28-4/h5-10,12-13,17H,11H2,1-4H3,(H,23,26)(H,24,25)/t17-/m0/s1. The molecule has 2 aromatic carbocycles. The monoisotopic (exact) mass is 404 g/mol. The lowest BCUT2D eigenvalue weighted by atomic mass is 10.0. The molecule has 150 valence electrons. The van der Waals surface area contributed by atoms with E-state index in [1.165, 1.54) is 7.11 Å². The summed E-state index contributed by atoms with van der Waals surface area (Å²) >= 11 is 5.86. The minimum Gasteiger partial charge on any atom is -0.493 e. The molecule has 0 saturated carbocycles. The zero-order chi connectivity index (χ0) is 20.7. The zero-order valence-electron chi connectivity index (χ0n) is 16.4. The Hall–Kier alpha value is -2.73. The van der Waals surface area contributed by atoms with Crippen LogP contribution in [0.25, 0.3) is 0 Å². The average Bonchev–Trinajstić information content (AvgIpc) is 2.67. The lowest BCUT2D eigenvalue weighted by Gasteiger charge is -2.20. The predicted octanol–water partition coefficient (Wildman–Crippen LogP) is 4.14. The highest BCUT2D eigenvalue weighted by Gasteiger charge is 2.23. The van der Waals surface area contributed by atoms with E-state index in [4.69, 9.17) is 21.1 Å². The van der Waals surface area contributed by atoms with Crippen molar-refractivity contribution in [2.75, 3.05) is 19.5 Å². The Kier molecular flexibility index (Phi) is 7.70. The largest absolute Gasteiger partial charge is 0.493 e. The first kappa shape index (κ1) is 21.6. The molecule has 2 rings (SSSR count). The fourth-order valence-electron chi connectivity index (χ4n) is 2.69. The van der Waals surface area contributed by atoms with E-state index in [1.807, 2.05) is 13.8 Å². The third-order valence-corrected chi connectivity index (χ3v) is 4.34. The van der Waals surface area contributed by atoms with Gasteiger partial charge >= 0.3 is 0 Å². The molecule has 0 fully saturated rings. The first-order chi connectivity index (χ1) is 13.3. The van der Waals surface area contributed by atoms with Gasteiger partial charge in [0.2, 0.25) is 5.91 Å². The lowest BCUT2D eigenvalue weighted by Crippen LogP contribution is -2.44. The van der Waals surface area contributed by atoms with Gasteiger partial charge in [-0.05, 0) is 48.7 Å². The molecule has 0 aliphatic rings. The Morgan fingerprint density at radius 2 is 1.64 bits per heavy atom. The van der Waals surface area contributed by atoms with Crippen molar-refractivity contribution in [1.82, 2.24) is 5.32 Å². The summed E-state index contributed by atoms with van der Waals surface area (Å²) in [4.78, 5) is 25.3. The summed E-state index contributed by atoms with van der Waals surface area (Å²) in [5, 5.41) is 6.18. The highest BCUT2D eigenvalue weighted by atomic mass is 35.5. The first-order valence-electron chi connectivity index (χ1n) is 8.93. The van der Waals surface area contributed by atoms with Crippen LogP contribution in [0, 0.1) is 5.92 Å². The fourth-order valence-corrected chi connectivity index (χ4v) is 2.82. The molecule has 0 radical (unpaired) electrons. The maximum absolute atomic E-state index is 12.8. The number of rotatable bonds is 8. The first-order valence-corrected chi connectivity index (χ1v) is 9.31. The van der Waals surface area contributed by atoms with Crippen LogP contribution in [0.15, 0.2) is 42.5 Å². The molecular formula is C21H25ClN2O4. The molecule has 7 heteroatoms. The minimum atomic E-state index is -0.684. The Labute approximate surface area is 170 Å². The summed E-state index contributed by atoms with van der Waals surface area (Å²) < 4.78 is 10.5. The summed E-state index contributed by atoms with van der Waals surface area (Å²) in [6.07, 6.45) is 0.498. The molecule has 28 heavy (non-hydrogen) atoms. The van der Waals surface area contributed by atoms with E-state index in [9.17, 15) is 9.59 Å². The number of carbonyl (C=O) groups is 2. The summed E-state index contributed by atoms with van der Waals surface area (Å²) in [6.45, 7) is 3.98. The maximum Gasteiger partial charge on any atom is 0.251 e. The van der Waals surface area contributed by atoms with Gasteiger partial charge < -0.3 is 20.1 Å². The summed E-state index contributed by atoms with van der Waals surface area (Å²) in [6, 6.07) is 10.9. The van der Waals surface area contributed by atoms with Gasteiger partial charge in [0, 0.05) is 22.3 Å². The van der Waals surface area contributed by atoms with Crippen LogP contribution in [0.1, 0.15) is 30.6 Å². The van der Waals surface area contributed by atoms with Gasteiger partial charge in [-0.1, -0.05) is 25.4 Å². The molecule has 2 N–H and O–H groups in total. The summed E-state index contributed by atoms with van der Waals surface area (Å²) in [5.74, 6) is 0.654. The van der Waals surface area contributed by atoms with Crippen LogP contribution >= 0.6 is 11.6 Å². The van der Waals surface area contributed by atoms with Crippen molar-refractivity contribution in [3.8, 4) is 11.5 Å². The molecule has 0 aliphatic heterocycles. The second-order valence-corrected chi connectivity index (χ2v) is 7.16. The number of ether oxygens (including phenoxy) is 2. The number of hydrogen-bond acceptors (Lipinski definition) is 4. The van der Waals surface area contributed by atoms with Crippen LogP contribution in [0.4, 0.5) is 5.69 Å². The van der Waals surface area contributed by atoms with Gasteiger partial charge in [0.1, 0.15) is 6.04 Å². The number of anilines is 1. The van der Waals surface area contributed by atoms with Gasteiger partial charge in [0.15, 0.2) is 11.5 Å². The molecule has 0 aliphatic carbocycles. The fraction of sp³-hybridized carbons (Fsp3) is 0.333. The Morgan fingerprint density at radius 1 is 1.00 bits per heavy atom. The van der Waals surface area contributed by atoms with Crippen molar-refractivity contribution < 1.29 is 19.1 Å². The number of benzene rings is 2. The van der Waals surface area contributed by atoms with E-state index < -0.39 is 6.04 Å². The van der Waals surface area contributed by atoms with E-state index >= 15 is 0 Å². The quantitative estimate of drug-likeness (QED) is 0.693. The lowest BCUT2D eigenvalue weighted by molar-refractivity contribution is -0.118. The highest BCUT2D eigenvalue weighted by Crippen LogP contribution is 2.29. The van der Waals surface area contributed by atoms with Crippen LogP contribution < -0.4 is 20.1 Å². The molecule has 0 saturated heterocycles. The number of methoxy groups -OCH3 is 2. The van der Waals surface area contributed by atoms with E-state index in [2.05, 4.69) is 10.6 Å². The van der Waals surface area contributed by atoms with Gasteiger partial charge in [-0.2, -0.15) is 0 Å². The molecule has 0 heterocycles. The van der Waals surface area contributed by atoms with Crippen molar-refractivity contribution in [3.05, 3.63) is 53.1 Å². The van der Waals surface area contributed by atoms with E-state index in [1.54, 1.807) is 49.6 Å². The Bertz CT molecular complexity index is 822. The summed E-state index contributed by atoms with van der Waals surface area (Å²) in [7, 11) is 3.07. The molecular weight excluding hydrogens is 380 g/mol. The van der Waals surface area contributed by atoms with E-state index in [0.717, 1.165) is 0 Å². The molecule has 0 spiro atoms. The average molecular weight is 405 g/mol. The molecule has 0 unspecified atom stereocenters. The molecule has 2 amide bonds. The van der Waals surface area contributed by atoms with Crippen LogP contribution in [0.3, 0.4) is 0 Å². The predicted molar refractivity (Wildman–Crippen MR) is 110 cm³/mol. The number of carbonyl (C=O) groups excluding carboxylic acids is 2. The number of nitrogens with one attached hydrogen (secondary N) is 2. The van der Waals surface area contributed by atoms with Gasteiger partial charge in [0.05, 0.1) is 14.2 Å². The minimum absolute atomic E-state index is 0.215. The van der Waals surface area contributed by atoms with Crippen molar-refractivity contribution >= 4 is 29.1 Å². The Balaban J connectivity index is 2.14. The van der Waals surface area contributed by atoms with E-state index in [-0.39, 0.29) is 17.7 Å². The second kappa shape index (κ2) is 9.99. The second-order valence-electron chi connectivity index (χ2n) is 6.72. The Morgan fingerprint density at radius 3 is 2.21 bits per heavy atom. The van der Waals surface area contributed by atoms with Gasteiger partial charge in [0.25, 0.3) is 5.91 Å². The smallest absolute Gasteiger partial charge is 0.251 e. The molecule has 1 atom stereocenters. The SMILES string of the molecule is COc1ccc(NC(=O)[C@H](CC(C)C)NC(=O)c2ccc(Cl)cc2)cc1OC. The summed E-state index contributed by atoms with van der Waals surface area (Å²) in [5.41, 5.74) is 0.995. The van der Waals surface area contributed by atoms with Crippen molar-refractivity contribution in [3.63, 3.8) is 0 Å². The van der Waals surface area contributed by atoms with Gasteiger partial charge in [-0.15, -0.1) is 0 Å². The molecule has 0 bridgehead atoms. The van der Waals surface area contributed by atoms with Crippen LogP contribution in [0.5, 0.6) is 11.5 Å². The molecule has 2 aromatic rings.